The van der Waals surface area contributed by atoms with Gasteiger partial charge in [-0.05, 0) is 42.0 Å². The van der Waals surface area contributed by atoms with Crippen molar-refractivity contribution >= 4 is 29.2 Å². The Morgan fingerprint density at radius 2 is 1.93 bits per heavy atom. The largest absolute Gasteiger partial charge is 0.496 e. The van der Waals surface area contributed by atoms with Crippen LogP contribution in [-0.2, 0) is 20.9 Å². The molecule has 0 bridgehead atoms. The smallest absolute Gasteiger partial charge is 0.326 e. The predicted octanol–water partition coefficient (Wildman–Crippen LogP) is 5.00. The third-order valence-corrected chi connectivity index (χ3v) is 8.43. The van der Waals surface area contributed by atoms with Gasteiger partial charge in [0.1, 0.15) is 11.8 Å². The maximum Gasteiger partial charge on any atom is 0.326 e. The molecule has 5 unspecified atom stereocenters. The zero-order chi connectivity index (χ0) is 29.2. The Balaban J connectivity index is 1.88. The number of halogens is 1. The first-order valence-electron chi connectivity index (χ1n) is 13.9. The molecule has 2 fully saturated rings. The molecule has 9 heteroatoms. The number of amides is 1. The fourth-order valence-electron chi connectivity index (χ4n) is 6.44. The van der Waals surface area contributed by atoms with Crippen LogP contribution in [0.5, 0.6) is 5.75 Å². The van der Waals surface area contributed by atoms with Gasteiger partial charge in [-0.1, -0.05) is 56.6 Å². The number of anilines is 1. The van der Waals surface area contributed by atoms with Gasteiger partial charge in [-0.25, -0.2) is 4.79 Å². The quantitative estimate of drug-likeness (QED) is 0.461. The normalized spacial score (nSPS) is 25.1. The highest BCUT2D eigenvalue weighted by Crippen LogP contribution is 2.50. The standard InChI is InChI=1S/C31H42ClN3O5/c1-31(2,3)25-26(33-17-19-13-14-21(32)16-24(19)39-6)27(22-11-7-8-12-23(22)34(4)5)35(28(25)30(37)38)29(36)20-10-9-15-40-18-20/h7-8,11-14,16,20,25-28,33H,9-10,15,17-18H2,1-6H3,(H,37,38). The lowest BCUT2D eigenvalue weighted by Gasteiger charge is -2.36. The van der Waals surface area contributed by atoms with Crippen LogP contribution in [0.3, 0.4) is 0 Å². The van der Waals surface area contributed by atoms with Crippen molar-refractivity contribution in [1.82, 2.24) is 10.2 Å². The van der Waals surface area contributed by atoms with Crippen LogP contribution in [0.25, 0.3) is 0 Å². The van der Waals surface area contributed by atoms with Gasteiger partial charge < -0.3 is 29.7 Å². The summed E-state index contributed by atoms with van der Waals surface area (Å²) in [6.45, 7) is 7.51. The number of rotatable bonds is 8. The first-order valence-corrected chi connectivity index (χ1v) is 14.3. The number of carbonyl (C=O) groups is 2. The monoisotopic (exact) mass is 571 g/mol. The Morgan fingerprint density at radius 1 is 1.20 bits per heavy atom. The molecule has 2 N–H and O–H groups in total. The van der Waals surface area contributed by atoms with Gasteiger partial charge >= 0.3 is 5.97 Å². The zero-order valence-electron chi connectivity index (χ0n) is 24.3. The zero-order valence-corrected chi connectivity index (χ0v) is 25.1. The Hall–Kier alpha value is -2.81. The van der Waals surface area contributed by atoms with E-state index in [1.807, 2.05) is 55.4 Å². The minimum Gasteiger partial charge on any atom is -0.496 e. The topological polar surface area (TPSA) is 91.3 Å². The number of benzene rings is 2. The number of ether oxygens (including phenoxy) is 2. The van der Waals surface area contributed by atoms with Crippen LogP contribution >= 0.6 is 11.6 Å². The molecule has 2 heterocycles. The summed E-state index contributed by atoms with van der Waals surface area (Å²) < 4.78 is 11.3. The molecule has 4 rings (SSSR count). The number of nitrogens with one attached hydrogen (secondary N) is 1. The molecular weight excluding hydrogens is 530 g/mol. The molecule has 2 aliphatic heterocycles. The van der Waals surface area contributed by atoms with E-state index < -0.39 is 29.4 Å². The third-order valence-electron chi connectivity index (χ3n) is 8.20. The molecule has 0 aromatic heterocycles. The lowest BCUT2D eigenvalue weighted by atomic mass is 9.72. The van der Waals surface area contributed by atoms with Crippen molar-refractivity contribution in [3.8, 4) is 5.75 Å². The number of methoxy groups -OCH3 is 1. The summed E-state index contributed by atoms with van der Waals surface area (Å²) in [5.41, 5.74) is 2.32. The number of aliphatic carboxylic acids is 1. The molecule has 0 radical (unpaired) electrons. The van der Waals surface area contributed by atoms with Gasteiger partial charge in [0, 0.05) is 55.5 Å². The highest BCUT2D eigenvalue weighted by Gasteiger charge is 2.59. The van der Waals surface area contributed by atoms with E-state index in [0.29, 0.717) is 37.0 Å². The number of carboxylic acids is 1. The fourth-order valence-corrected chi connectivity index (χ4v) is 6.60. The second-order valence-electron chi connectivity index (χ2n) is 12.1. The molecule has 2 aromatic carbocycles. The Labute approximate surface area is 242 Å². The van der Waals surface area contributed by atoms with E-state index >= 15 is 0 Å². The maximum atomic E-state index is 14.3. The minimum atomic E-state index is -1.01. The number of hydrogen-bond acceptors (Lipinski definition) is 6. The van der Waals surface area contributed by atoms with Gasteiger partial charge in [0.15, 0.2) is 0 Å². The van der Waals surface area contributed by atoms with E-state index in [4.69, 9.17) is 21.1 Å². The Morgan fingerprint density at radius 3 is 2.52 bits per heavy atom. The Bertz CT molecular complexity index is 1210. The number of hydrogen-bond donors (Lipinski definition) is 2. The van der Waals surface area contributed by atoms with Gasteiger partial charge in [-0.15, -0.1) is 0 Å². The number of nitrogens with zero attached hydrogens (tertiary/aromatic N) is 2. The van der Waals surface area contributed by atoms with Crippen molar-refractivity contribution in [1.29, 1.82) is 0 Å². The van der Waals surface area contributed by atoms with Gasteiger partial charge in [-0.2, -0.15) is 0 Å². The van der Waals surface area contributed by atoms with Crippen LogP contribution in [-0.4, -0.2) is 68.4 Å². The average Bonchev–Trinajstić information content (AvgIpc) is 3.28. The number of carbonyl (C=O) groups excluding carboxylic acids is 1. The first kappa shape index (κ1) is 30.2. The van der Waals surface area contributed by atoms with Crippen molar-refractivity contribution in [2.75, 3.05) is 39.3 Å². The highest BCUT2D eigenvalue weighted by molar-refractivity contribution is 6.30. The SMILES string of the molecule is COc1cc(Cl)ccc1CNC1C(c2ccccc2N(C)C)N(C(=O)C2CCCOC2)C(C(=O)O)C1C(C)(C)C. The molecule has 5 atom stereocenters. The number of para-hydroxylation sites is 1. The molecular formula is C31H42ClN3O5. The van der Waals surface area contributed by atoms with Crippen LogP contribution in [0.4, 0.5) is 5.69 Å². The second-order valence-corrected chi connectivity index (χ2v) is 12.5. The summed E-state index contributed by atoms with van der Waals surface area (Å²) >= 11 is 6.21. The van der Waals surface area contributed by atoms with Crippen LogP contribution in [0.15, 0.2) is 42.5 Å². The van der Waals surface area contributed by atoms with Crippen LogP contribution in [0.2, 0.25) is 5.02 Å². The minimum absolute atomic E-state index is 0.159. The molecule has 8 nitrogen and oxygen atoms in total. The van der Waals surface area contributed by atoms with E-state index in [9.17, 15) is 14.7 Å². The molecule has 218 valence electrons. The number of likely N-dealkylation sites (tertiary alicyclic amines) is 1. The molecule has 0 aliphatic carbocycles. The summed E-state index contributed by atoms with van der Waals surface area (Å²) in [5, 5.41) is 15.0. The molecule has 2 aromatic rings. The maximum absolute atomic E-state index is 14.3. The van der Waals surface area contributed by atoms with Crippen molar-refractivity contribution in [2.45, 2.75) is 58.3 Å². The van der Waals surface area contributed by atoms with E-state index in [2.05, 4.69) is 26.1 Å². The summed E-state index contributed by atoms with van der Waals surface area (Å²) in [7, 11) is 5.53. The van der Waals surface area contributed by atoms with Gasteiger partial charge in [0.25, 0.3) is 0 Å². The van der Waals surface area contributed by atoms with Gasteiger partial charge in [0.05, 0.1) is 25.7 Å². The molecule has 0 saturated carbocycles. The van der Waals surface area contributed by atoms with Crippen molar-refractivity contribution < 1.29 is 24.2 Å². The van der Waals surface area contributed by atoms with Crippen LogP contribution < -0.4 is 15.0 Å². The van der Waals surface area contributed by atoms with Gasteiger partial charge in [0.2, 0.25) is 5.91 Å². The molecule has 0 spiro atoms. The van der Waals surface area contributed by atoms with Gasteiger partial charge in [-0.3, -0.25) is 4.79 Å². The molecule has 1 amide bonds. The third kappa shape index (κ3) is 6.09. The lowest BCUT2D eigenvalue weighted by molar-refractivity contribution is -0.156. The van der Waals surface area contributed by atoms with Crippen molar-refractivity contribution in [2.24, 2.45) is 17.3 Å². The van der Waals surface area contributed by atoms with E-state index in [0.717, 1.165) is 23.2 Å². The lowest BCUT2D eigenvalue weighted by Crippen LogP contribution is -2.50. The predicted molar refractivity (Wildman–Crippen MR) is 157 cm³/mol. The molecule has 2 saturated heterocycles. The van der Waals surface area contributed by atoms with Crippen LogP contribution in [0.1, 0.15) is 50.8 Å². The highest BCUT2D eigenvalue weighted by atomic mass is 35.5. The fraction of sp³-hybridized carbons (Fsp3) is 0.548. The molecule has 2 aliphatic rings. The van der Waals surface area contributed by atoms with E-state index in [1.165, 1.54) is 0 Å². The summed E-state index contributed by atoms with van der Waals surface area (Å²) in [4.78, 5) is 31.1. The Kier molecular flexibility index (Phi) is 9.33. The average molecular weight is 572 g/mol. The summed E-state index contributed by atoms with van der Waals surface area (Å²) in [6.07, 6.45) is 1.46. The van der Waals surface area contributed by atoms with E-state index in [-0.39, 0.29) is 17.9 Å². The summed E-state index contributed by atoms with van der Waals surface area (Å²) in [5.74, 6) is -1.27. The molecule has 40 heavy (non-hydrogen) atoms. The second kappa shape index (κ2) is 12.4. The first-order chi connectivity index (χ1) is 19.0. The van der Waals surface area contributed by atoms with E-state index in [1.54, 1.807) is 18.1 Å². The van der Waals surface area contributed by atoms with Crippen molar-refractivity contribution in [3.05, 3.63) is 58.6 Å². The summed E-state index contributed by atoms with van der Waals surface area (Å²) in [6, 6.07) is 11.5. The number of carboxylic acid groups (broad SMARTS) is 1. The van der Waals surface area contributed by atoms with Crippen molar-refractivity contribution in [3.63, 3.8) is 0 Å². The van der Waals surface area contributed by atoms with Crippen LogP contribution in [0, 0.1) is 17.3 Å².